The van der Waals surface area contributed by atoms with Crippen molar-refractivity contribution in [2.45, 2.75) is 329 Å². The summed E-state index contributed by atoms with van der Waals surface area (Å²) in [5.74, 6) is -0.896. The lowest BCUT2D eigenvalue weighted by Crippen LogP contribution is -2.30. The van der Waals surface area contributed by atoms with Crippen LogP contribution in [0.4, 0.5) is 0 Å². The maximum absolute atomic E-state index is 12.9. The predicted octanol–water partition coefficient (Wildman–Crippen LogP) is 22.3. The maximum atomic E-state index is 12.9. The molecule has 0 saturated heterocycles. The Hall–Kier alpha value is -3.41. The van der Waals surface area contributed by atoms with Crippen molar-refractivity contribution in [2.75, 3.05) is 13.2 Å². The van der Waals surface area contributed by atoms with Crippen molar-refractivity contribution in [2.24, 2.45) is 0 Å². The number of carbonyl (C=O) groups excluding carboxylic acids is 3. The molecule has 0 N–H and O–H groups in total. The minimum absolute atomic E-state index is 0.0837. The standard InChI is InChI=1S/C70H122O6/c1-4-7-10-13-16-19-22-25-28-30-31-32-33-34-35-36-37-38-39-41-42-45-48-51-54-57-60-63-69(72)75-66-67(65-74-68(71)62-59-56-53-50-47-44-27-24-21-18-15-12-9-6-3)76-70(73)64-61-58-55-52-49-46-43-40-29-26-23-20-17-14-11-8-5-2/h8,11,15,17-18,20,22,24-27,29-31,67H,4-7,9-10,12-14,16,19,21,23,28,32-66H2,1-3H3/b11-8-,18-15-,20-17-,25-22-,27-24-,29-26-,31-30-. The van der Waals surface area contributed by atoms with Crippen LogP contribution in [-0.4, -0.2) is 37.2 Å². The molecule has 6 heteroatoms. The van der Waals surface area contributed by atoms with Crippen molar-refractivity contribution >= 4 is 17.9 Å². The van der Waals surface area contributed by atoms with E-state index in [1.54, 1.807) is 0 Å². The van der Waals surface area contributed by atoms with Crippen LogP contribution in [0.25, 0.3) is 0 Å². The summed E-state index contributed by atoms with van der Waals surface area (Å²) in [6.45, 7) is 6.49. The molecule has 0 spiro atoms. The van der Waals surface area contributed by atoms with Gasteiger partial charge in [-0.1, -0.05) is 279 Å². The molecule has 0 radical (unpaired) electrons. The van der Waals surface area contributed by atoms with Crippen LogP contribution in [0.5, 0.6) is 0 Å². The summed E-state index contributed by atoms with van der Waals surface area (Å²) in [4.78, 5) is 38.3. The average molecular weight is 1060 g/mol. The lowest BCUT2D eigenvalue weighted by molar-refractivity contribution is -0.167. The van der Waals surface area contributed by atoms with E-state index in [4.69, 9.17) is 14.2 Å². The van der Waals surface area contributed by atoms with Crippen LogP contribution in [-0.2, 0) is 28.6 Å². The summed E-state index contributed by atoms with van der Waals surface area (Å²) in [6, 6.07) is 0. The van der Waals surface area contributed by atoms with Crippen LogP contribution < -0.4 is 0 Å². The van der Waals surface area contributed by atoms with Crippen molar-refractivity contribution in [3.05, 3.63) is 85.1 Å². The highest BCUT2D eigenvalue weighted by atomic mass is 16.6. The number of carbonyl (C=O) groups is 3. The van der Waals surface area contributed by atoms with Gasteiger partial charge in [0.1, 0.15) is 13.2 Å². The third kappa shape index (κ3) is 61.4. The highest BCUT2D eigenvalue weighted by molar-refractivity contribution is 5.71. The van der Waals surface area contributed by atoms with Gasteiger partial charge in [0.15, 0.2) is 6.10 Å². The molecule has 1 unspecified atom stereocenters. The van der Waals surface area contributed by atoms with Crippen LogP contribution >= 0.6 is 0 Å². The van der Waals surface area contributed by atoms with Gasteiger partial charge >= 0.3 is 17.9 Å². The van der Waals surface area contributed by atoms with Crippen molar-refractivity contribution in [3.8, 4) is 0 Å². The van der Waals surface area contributed by atoms with E-state index >= 15 is 0 Å². The van der Waals surface area contributed by atoms with E-state index in [1.807, 2.05) is 0 Å². The normalized spacial score (nSPS) is 12.6. The van der Waals surface area contributed by atoms with Crippen LogP contribution in [0.3, 0.4) is 0 Å². The van der Waals surface area contributed by atoms with Crippen LogP contribution in [0.2, 0.25) is 0 Å². The number of esters is 3. The smallest absolute Gasteiger partial charge is 0.306 e. The topological polar surface area (TPSA) is 78.9 Å². The van der Waals surface area contributed by atoms with Crippen LogP contribution in [0.15, 0.2) is 85.1 Å². The fourth-order valence-electron chi connectivity index (χ4n) is 9.21. The minimum atomic E-state index is -0.789. The Balaban J connectivity index is 4.28. The average Bonchev–Trinajstić information content (AvgIpc) is 3.42. The lowest BCUT2D eigenvalue weighted by atomic mass is 10.0. The van der Waals surface area contributed by atoms with Gasteiger partial charge in [-0.3, -0.25) is 14.4 Å². The van der Waals surface area contributed by atoms with Gasteiger partial charge in [-0.2, -0.15) is 0 Å². The Morgan fingerprint density at radius 3 is 0.842 bits per heavy atom. The molecule has 0 aliphatic heterocycles. The van der Waals surface area contributed by atoms with Gasteiger partial charge in [0, 0.05) is 19.3 Å². The van der Waals surface area contributed by atoms with Crippen molar-refractivity contribution in [1.29, 1.82) is 0 Å². The third-order valence-corrected chi connectivity index (χ3v) is 14.1. The fourth-order valence-corrected chi connectivity index (χ4v) is 9.21. The molecular formula is C70H122O6. The molecule has 438 valence electrons. The second-order valence-electron chi connectivity index (χ2n) is 21.6. The second kappa shape index (κ2) is 64.1. The van der Waals surface area contributed by atoms with Crippen molar-refractivity contribution in [1.82, 2.24) is 0 Å². The number of hydrogen-bond acceptors (Lipinski definition) is 6. The van der Waals surface area contributed by atoms with Crippen molar-refractivity contribution in [3.63, 3.8) is 0 Å². The van der Waals surface area contributed by atoms with E-state index in [9.17, 15) is 14.4 Å². The zero-order valence-corrected chi connectivity index (χ0v) is 50.3. The summed E-state index contributed by atoms with van der Waals surface area (Å²) >= 11 is 0. The highest BCUT2D eigenvalue weighted by Gasteiger charge is 2.19. The van der Waals surface area contributed by atoms with E-state index in [0.717, 1.165) is 109 Å². The fraction of sp³-hybridized carbons (Fsp3) is 0.757. The summed E-state index contributed by atoms with van der Waals surface area (Å²) in [5.41, 5.74) is 0. The van der Waals surface area contributed by atoms with E-state index in [1.165, 1.54) is 173 Å². The van der Waals surface area contributed by atoms with Crippen LogP contribution in [0, 0.1) is 0 Å². The zero-order chi connectivity index (χ0) is 55.0. The quantitative estimate of drug-likeness (QED) is 0.0261. The Bertz CT molecular complexity index is 1450. The Morgan fingerprint density at radius 1 is 0.276 bits per heavy atom. The molecule has 0 aliphatic rings. The van der Waals surface area contributed by atoms with E-state index < -0.39 is 6.10 Å². The van der Waals surface area contributed by atoms with E-state index in [0.29, 0.717) is 19.3 Å². The summed E-state index contributed by atoms with van der Waals surface area (Å²) in [7, 11) is 0. The van der Waals surface area contributed by atoms with Gasteiger partial charge in [0.2, 0.25) is 0 Å². The SMILES string of the molecule is CC/C=C\C/C=C\C/C=C\CCCCCCCCCC(=O)OC(COC(=O)CCCCCCC/C=C\C/C=C\CCCC)COC(=O)CCCCCCCCCCCCCCCCC/C=C\C/C=C\CCCCCCC. The molecule has 1 atom stereocenters. The molecule has 6 nitrogen and oxygen atoms in total. The molecule has 0 aromatic carbocycles. The van der Waals surface area contributed by atoms with Gasteiger partial charge in [0.25, 0.3) is 0 Å². The van der Waals surface area contributed by atoms with Crippen molar-refractivity contribution < 1.29 is 28.6 Å². The monoisotopic (exact) mass is 1060 g/mol. The summed E-state index contributed by atoms with van der Waals surface area (Å²) in [5, 5.41) is 0. The number of allylic oxidation sites excluding steroid dienone is 14. The van der Waals surface area contributed by atoms with Gasteiger partial charge in [-0.15, -0.1) is 0 Å². The number of unbranched alkanes of at least 4 members (excludes halogenated alkanes) is 34. The van der Waals surface area contributed by atoms with E-state index in [2.05, 4.69) is 106 Å². The minimum Gasteiger partial charge on any atom is -0.462 e. The molecule has 0 heterocycles. The maximum Gasteiger partial charge on any atom is 0.306 e. The van der Waals surface area contributed by atoms with Gasteiger partial charge in [-0.05, 0) is 109 Å². The Kier molecular flexibility index (Phi) is 61.2. The first-order valence-electron chi connectivity index (χ1n) is 32.6. The predicted molar refractivity (Wildman–Crippen MR) is 330 cm³/mol. The number of rotatable bonds is 59. The zero-order valence-electron chi connectivity index (χ0n) is 50.3. The first-order valence-corrected chi connectivity index (χ1v) is 32.6. The first kappa shape index (κ1) is 72.6. The first-order chi connectivity index (χ1) is 37.5. The molecule has 0 aromatic heterocycles. The molecule has 0 bridgehead atoms. The Labute approximate surface area is 471 Å². The number of hydrogen-bond donors (Lipinski definition) is 0. The molecule has 0 fully saturated rings. The molecule has 0 aromatic rings. The largest absolute Gasteiger partial charge is 0.462 e. The molecule has 0 rings (SSSR count). The summed E-state index contributed by atoms with van der Waals surface area (Å²) < 4.78 is 16.9. The molecule has 0 saturated carbocycles. The molecule has 0 aliphatic carbocycles. The van der Waals surface area contributed by atoms with Gasteiger partial charge in [0.05, 0.1) is 0 Å². The van der Waals surface area contributed by atoms with Crippen LogP contribution in [0.1, 0.15) is 323 Å². The second-order valence-corrected chi connectivity index (χ2v) is 21.6. The Morgan fingerprint density at radius 2 is 0.526 bits per heavy atom. The van der Waals surface area contributed by atoms with Gasteiger partial charge in [-0.25, -0.2) is 0 Å². The highest BCUT2D eigenvalue weighted by Crippen LogP contribution is 2.17. The lowest BCUT2D eigenvalue weighted by Gasteiger charge is -2.18. The molecule has 76 heavy (non-hydrogen) atoms. The van der Waals surface area contributed by atoms with Gasteiger partial charge < -0.3 is 14.2 Å². The van der Waals surface area contributed by atoms with E-state index in [-0.39, 0.29) is 31.1 Å². The summed E-state index contributed by atoms with van der Waals surface area (Å²) in [6.07, 6.45) is 84.5. The number of ether oxygens (including phenoxy) is 3. The molecular weight excluding hydrogens is 937 g/mol. The molecule has 0 amide bonds. The third-order valence-electron chi connectivity index (χ3n) is 14.1.